The zero-order valence-corrected chi connectivity index (χ0v) is 15.3. The maximum Gasteiger partial charge on any atom is 0.224 e. The number of hydrogen-bond donors (Lipinski definition) is 1. The largest absolute Gasteiger partial charge is 0.352 e. The second-order valence-corrected chi connectivity index (χ2v) is 8.71. The fourth-order valence-electron chi connectivity index (χ4n) is 3.36. The molecule has 0 bridgehead atoms. The van der Waals surface area contributed by atoms with Gasteiger partial charge in [-0.3, -0.25) is 4.79 Å². The molecule has 0 spiro atoms. The first-order valence-electron chi connectivity index (χ1n) is 8.73. The van der Waals surface area contributed by atoms with E-state index < -0.39 is 10.0 Å². The Morgan fingerprint density at radius 1 is 1.20 bits per heavy atom. The number of hydrogen-bond acceptors (Lipinski definition) is 3. The summed E-state index contributed by atoms with van der Waals surface area (Å²) in [5, 5.41) is 5.26. The lowest BCUT2D eigenvalue weighted by Crippen LogP contribution is -2.45. The second kappa shape index (κ2) is 7.54. The minimum absolute atomic E-state index is 0.0658. The van der Waals surface area contributed by atoms with E-state index in [1.807, 2.05) is 30.3 Å². The summed E-state index contributed by atoms with van der Waals surface area (Å²) in [4.78, 5) is 12.5. The van der Waals surface area contributed by atoms with Gasteiger partial charge in [-0.2, -0.15) is 0 Å². The summed E-state index contributed by atoms with van der Waals surface area (Å²) < 4.78 is 25.5. The summed E-state index contributed by atoms with van der Waals surface area (Å²) in [5.41, 5.74) is 1.07. The average Bonchev–Trinajstić information content (AvgIpc) is 2.66. The van der Waals surface area contributed by atoms with E-state index in [-0.39, 0.29) is 24.1 Å². The number of sulfonamides is 1. The molecule has 3 rings (SSSR count). The van der Waals surface area contributed by atoms with Gasteiger partial charge in [0.25, 0.3) is 0 Å². The lowest BCUT2D eigenvalue weighted by atomic mass is 9.98. The molecule has 0 saturated carbocycles. The topological polar surface area (TPSA) is 66.5 Å². The van der Waals surface area contributed by atoms with Gasteiger partial charge < -0.3 is 5.32 Å². The van der Waals surface area contributed by atoms with E-state index in [0.717, 1.165) is 29.2 Å². The third-order valence-corrected chi connectivity index (χ3v) is 6.69. The van der Waals surface area contributed by atoms with Crippen LogP contribution < -0.4 is 5.32 Å². The highest BCUT2D eigenvalue weighted by Gasteiger charge is 2.31. The van der Waals surface area contributed by atoms with Crippen LogP contribution in [0.15, 0.2) is 42.5 Å². The molecule has 5 nitrogen and oxygen atoms in total. The molecule has 6 heteroatoms. The monoisotopic (exact) mass is 360 g/mol. The number of amides is 1. The minimum atomic E-state index is -3.23. The van der Waals surface area contributed by atoms with E-state index in [0.29, 0.717) is 13.1 Å². The molecule has 0 aliphatic carbocycles. The van der Waals surface area contributed by atoms with Crippen molar-refractivity contribution in [1.82, 2.24) is 9.62 Å². The van der Waals surface area contributed by atoms with Gasteiger partial charge in [-0.15, -0.1) is 0 Å². The Kier molecular flexibility index (Phi) is 5.39. The molecule has 1 heterocycles. The van der Waals surface area contributed by atoms with E-state index in [2.05, 4.69) is 17.4 Å². The van der Waals surface area contributed by atoms with Crippen molar-refractivity contribution in [2.75, 3.05) is 18.8 Å². The summed E-state index contributed by atoms with van der Waals surface area (Å²) in [5.74, 6) is -0.258. The Balaban J connectivity index is 1.66. The second-order valence-electron chi connectivity index (χ2n) is 6.45. The number of benzene rings is 2. The smallest absolute Gasteiger partial charge is 0.224 e. The normalized spacial score (nSPS) is 19.0. The Morgan fingerprint density at radius 2 is 1.96 bits per heavy atom. The molecule has 2 aromatic rings. The van der Waals surface area contributed by atoms with Crippen molar-refractivity contribution in [3.63, 3.8) is 0 Å². The number of fused-ring (bicyclic) bond motifs is 1. The predicted octanol–water partition coefficient (Wildman–Crippen LogP) is 2.52. The van der Waals surface area contributed by atoms with Gasteiger partial charge in [-0.25, -0.2) is 12.7 Å². The van der Waals surface area contributed by atoms with Crippen LogP contribution in [0, 0.1) is 5.92 Å². The molecule has 2 aromatic carbocycles. The number of nitrogens with one attached hydrogen (secondary N) is 1. The number of piperidine rings is 1. The number of carbonyl (C=O) groups excluding carboxylic acids is 1. The van der Waals surface area contributed by atoms with Crippen molar-refractivity contribution < 1.29 is 13.2 Å². The van der Waals surface area contributed by atoms with E-state index in [9.17, 15) is 13.2 Å². The Morgan fingerprint density at radius 3 is 2.76 bits per heavy atom. The Bertz CT molecular complexity index is 859. The third-order valence-electron chi connectivity index (χ3n) is 4.85. The maximum absolute atomic E-state index is 12.5. The Labute approximate surface area is 149 Å². The highest BCUT2D eigenvalue weighted by atomic mass is 32.2. The third kappa shape index (κ3) is 4.02. The van der Waals surface area contributed by atoms with E-state index in [4.69, 9.17) is 0 Å². The molecule has 1 atom stereocenters. The molecule has 1 N–H and O–H groups in total. The highest BCUT2D eigenvalue weighted by Crippen LogP contribution is 2.21. The summed E-state index contributed by atoms with van der Waals surface area (Å²) in [6.07, 6.45) is 1.46. The van der Waals surface area contributed by atoms with Gasteiger partial charge in [0.2, 0.25) is 15.9 Å². The van der Waals surface area contributed by atoms with Crippen molar-refractivity contribution >= 4 is 26.7 Å². The molecule has 1 aliphatic rings. The zero-order valence-electron chi connectivity index (χ0n) is 14.4. The number of nitrogens with zero attached hydrogens (tertiary/aromatic N) is 1. The van der Waals surface area contributed by atoms with Crippen LogP contribution >= 0.6 is 0 Å². The van der Waals surface area contributed by atoms with Crippen LogP contribution in [0.3, 0.4) is 0 Å². The van der Waals surface area contributed by atoms with Crippen molar-refractivity contribution in [3.8, 4) is 0 Å². The van der Waals surface area contributed by atoms with Crippen molar-refractivity contribution in [1.29, 1.82) is 0 Å². The molecule has 134 valence electrons. The maximum atomic E-state index is 12.5. The predicted molar refractivity (Wildman–Crippen MR) is 99.6 cm³/mol. The van der Waals surface area contributed by atoms with Crippen LogP contribution in [0.1, 0.15) is 25.3 Å². The summed E-state index contributed by atoms with van der Waals surface area (Å²) in [6.45, 7) is 2.90. The Hall–Kier alpha value is -1.92. The van der Waals surface area contributed by atoms with E-state index >= 15 is 0 Å². The van der Waals surface area contributed by atoms with Crippen molar-refractivity contribution in [3.05, 3.63) is 48.0 Å². The molecular formula is C19H24N2O3S. The van der Waals surface area contributed by atoms with Crippen LogP contribution in [-0.2, 0) is 21.4 Å². The van der Waals surface area contributed by atoms with Crippen molar-refractivity contribution in [2.24, 2.45) is 5.92 Å². The van der Waals surface area contributed by atoms with Gasteiger partial charge in [-0.1, -0.05) is 42.5 Å². The van der Waals surface area contributed by atoms with Crippen LogP contribution in [0.2, 0.25) is 0 Å². The van der Waals surface area contributed by atoms with Gasteiger partial charge in [0.1, 0.15) is 0 Å². The van der Waals surface area contributed by atoms with Gasteiger partial charge in [0.05, 0.1) is 11.7 Å². The zero-order chi connectivity index (χ0) is 17.9. The van der Waals surface area contributed by atoms with Crippen LogP contribution in [-0.4, -0.2) is 37.5 Å². The van der Waals surface area contributed by atoms with Crippen LogP contribution in [0.5, 0.6) is 0 Å². The van der Waals surface area contributed by atoms with Gasteiger partial charge in [-0.05, 0) is 36.1 Å². The summed E-state index contributed by atoms with van der Waals surface area (Å²) in [7, 11) is -3.23. The first kappa shape index (κ1) is 17.9. The minimum Gasteiger partial charge on any atom is -0.352 e. The number of carbonyl (C=O) groups is 1. The molecule has 25 heavy (non-hydrogen) atoms. The molecular weight excluding hydrogens is 336 g/mol. The van der Waals surface area contributed by atoms with Gasteiger partial charge >= 0.3 is 0 Å². The first-order chi connectivity index (χ1) is 12.0. The SMILES string of the molecule is CCS(=O)(=O)N1CCC[C@@H](C(=O)NCc2cccc3ccccc23)C1. The van der Waals surface area contributed by atoms with Crippen molar-refractivity contribution in [2.45, 2.75) is 26.3 Å². The number of rotatable bonds is 5. The molecule has 1 saturated heterocycles. The molecule has 0 radical (unpaired) electrons. The molecule has 0 aromatic heterocycles. The lowest BCUT2D eigenvalue weighted by Gasteiger charge is -2.30. The quantitative estimate of drug-likeness (QED) is 0.891. The molecule has 1 aliphatic heterocycles. The fraction of sp³-hybridized carbons (Fsp3) is 0.421. The average molecular weight is 360 g/mol. The first-order valence-corrected chi connectivity index (χ1v) is 10.3. The van der Waals surface area contributed by atoms with Crippen LogP contribution in [0.25, 0.3) is 10.8 Å². The van der Waals surface area contributed by atoms with E-state index in [1.165, 1.54) is 4.31 Å². The van der Waals surface area contributed by atoms with Crippen LogP contribution in [0.4, 0.5) is 0 Å². The highest BCUT2D eigenvalue weighted by molar-refractivity contribution is 7.89. The molecule has 1 amide bonds. The molecule has 1 fully saturated rings. The summed E-state index contributed by atoms with van der Waals surface area (Å²) >= 11 is 0. The fourth-order valence-corrected chi connectivity index (χ4v) is 4.54. The standard InChI is InChI=1S/C19H24N2O3S/c1-2-25(23,24)21-12-6-10-17(14-21)19(22)20-13-16-9-5-8-15-7-3-4-11-18(15)16/h3-5,7-9,11,17H,2,6,10,12-14H2,1H3,(H,20,22)/t17-/m1/s1. The molecule has 0 unspecified atom stereocenters. The van der Waals surface area contributed by atoms with Gasteiger partial charge in [0.15, 0.2) is 0 Å². The van der Waals surface area contributed by atoms with E-state index in [1.54, 1.807) is 6.92 Å². The van der Waals surface area contributed by atoms with Gasteiger partial charge in [0, 0.05) is 19.6 Å². The summed E-state index contributed by atoms with van der Waals surface area (Å²) in [6, 6.07) is 14.1. The lowest BCUT2D eigenvalue weighted by molar-refractivity contribution is -0.126.